The fraction of sp³-hybridized carbons (Fsp3) is 0.118. The first-order valence-corrected chi connectivity index (χ1v) is 15.3. The molecule has 0 bridgehead atoms. The summed E-state index contributed by atoms with van der Waals surface area (Å²) < 4.78 is 0. The molecular weight excluding hydrogens is 529 g/mol. The van der Waals surface area contributed by atoms with Crippen molar-refractivity contribution in [3.63, 3.8) is 0 Å². The fourth-order valence-corrected chi connectivity index (χ4v) is 6.85. The number of hydrogen-bond donors (Lipinski definition) is 2. The summed E-state index contributed by atoms with van der Waals surface area (Å²) in [5.41, 5.74) is 19.4. The highest BCUT2D eigenvalue weighted by atomic mass is 32.1. The van der Waals surface area contributed by atoms with Gasteiger partial charge < -0.3 is 0 Å². The number of thiophene rings is 2. The van der Waals surface area contributed by atoms with Crippen LogP contribution in [0.5, 0.6) is 0 Å². The summed E-state index contributed by atoms with van der Waals surface area (Å²) in [5, 5.41) is 13.3. The van der Waals surface area contributed by atoms with Gasteiger partial charge in [0.05, 0.1) is 34.9 Å². The van der Waals surface area contributed by atoms with Crippen molar-refractivity contribution in [3.8, 4) is 0 Å². The van der Waals surface area contributed by atoms with Crippen molar-refractivity contribution in [2.45, 2.75) is 25.9 Å². The summed E-state index contributed by atoms with van der Waals surface area (Å²) >= 11 is 3.48. The number of anilines is 2. The van der Waals surface area contributed by atoms with E-state index in [2.05, 4.69) is 153 Å². The van der Waals surface area contributed by atoms with E-state index in [4.69, 9.17) is 0 Å². The Labute approximate surface area is 243 Å². The molecule has 3 aromatic carbocycles. The van der Waals surface area contributed by atoms with Gasteiger partial charge in [-0.2, -0.15) is 22.7 Å². The SMILES string of the molecule is Cc1cccc(N2NC(c3ccc(C4=CC(c5ccsc5)N(c5cccc(C)c5)N4)cc3)=CC2c2ccsc2)c1. The maximum Gasteiger partial charge on any atom is 0.0966 e. The maximum absolute atomic E-state index is 3.70. The van der Waals surface area contributed by atoms with Gasteiger partial charge in [-0.3, -0.25) is 20.9 Å². The quantitative estimate of drug-likeness (QED) is 0.218. The van der Waals surface area contributed by atoms with Crippen LogP contribution in [0.15, 0.2) is 119 Å². The van der Waals surface area contributed by atoms with Crippen LogP contribution in [0.25, 0.3) is 11.4 Å². The lowest BCUT2D eigenvalue weighted by Gasteiger charge is -2.27. The molecule has 5 aromatic rings. The Morgan fingerprint density at radius 3 is 1.40 bits per heavy atom. The smallest absolute Gasteiger partial charge is 0.0966 e. The Morgan fingerprint density at radius 2 is 1.02 bits per heavy atom. The number of benzene rings is 3. The van der Waals surface area contributed by atoms with Crippen LogP contribution in [0, 0.1) is 13.8 Å². The summed E-state index contributed by atoms with van der Waals surface area (Å²) in [6.07, 6.45) is 4.66. The molecule has 2 N–H and O–H groups in total. The van der Waals surface area contributed by atoms with Gasteiger partial charge in [0.2, 0.25) is 0 Å². The van der Waals surface area contributed by atoms with E-state index in [1.807, 2.05) is 0 Å². The molecule has 0 fully saturated rings. The lowest BCUT2D eigenvalue weighted by molar-refractivity contribution is 0.725. The maximum atomic E-state index is 3.70. The Hall–Kier alpha value is -4.26. The molecule has 6 heteroatoms. The van der Waals surface area contributed by atoms with Crippen molar-refractivity contribution in [2.24, 2.45) is 0 Å². The molecule has 4 nitrogen and oxygen atoms in total. The van der Waals surface area contributed by atoms with Gasteiger partial charge in [-0.25, -0.2) is 0 Å². The zero-order valence-corrected chi connectivity index (χ0v) is 24.0. The molecule has 0 aliphatic carbocycles. The summed E-state index contributed by atoms with van der Waals surface area (Å²) in [7, 11) is 0. The molecule has 2 aliphatic rings. The highest BCUT2D eigenvalue weighted by molar-refractivity contribution is 7.08. The third kappa shape index (κ3) is 4.70. The average Bonchev–Trinajstić information content (AvgIpc) is 3.79. The van der Waals surface area contributed by atoms with E-state index >= 15 is 0 Å². The van der Waals surface area contributed by atoms with E-state index in [0.29, 0.717) is 0 Å². The van der Waals surface area contributed by atoms with Crippen molar-refractivity contribution in [3.05, 3.63) is 152 Å². The highest BCUT2D eigenvalue weighted by Crippen LogP contribution is 2.38. The second-order valence-corrected chi connectivity index (χ2v) is 11.9. The summed E-state index contributed by atoms with van der Waals surface area (Å²) in [6.45, 7) is 4.28. The van der Waals surface area contributed by atoms with Crippen LogP contribution in [-0.4, -0.2) is 0 Å². The summed E-state index contributed by atoms with van der Waals surface area (Å²) in [5.74, 6) is 0. The Balaban J connectivity index is 1.17. The van der Waals surface area contributed by atoms with Crippen LogP contribution >= 0.6 is 22.7 Å². The molecule has 40 heavy (non-hydrogen) atoms. The lowest BCUT2D eigenvalue weighted by Crippen LogP contribution is -2.34. The van der Waals surface area contributed by atoms with Gasteiger partial charge in [-0.15, -0.1) is 0 Å². The van der Waals surface area contributed by atoms with Gasteiger partial charge in [0, 0.05) is 0 Å². The molecule has 2 atom stereocenters. The standard InChI is InChI=1S/C34H30N4S2/c1-23-5-3-7-29(17-23)37-33(27-13-15-39-21-27)19-31(35-37)25-9-11-26(12-10-25)32-20-34(28-14-16-40-22-28)38(36-32)30-8-4-6-24(2)18-30/h3-22,33-36H,1-2H3. The van der Waals surface area contributed by atoms with E-state index in [0.717, 1.165) is 22.8 Å². The number of nitrogens with zero attached hydrogens (tertiary/aromatic N) is 2. The number of hydrazine groups is 2. The highest BCUT2D eigenvalue weighted by Gasteiger charge is 2.29. The van der Waals surface area contributed by atoms with Crippen LogP contribution in [0.1, 0.15) is 45.5 Å². The average molecular weight is 559 g/mol. The number of hydrogen-bond acceptors (Lipinski definition) is 6. The van der Waals surface area contributed by atoms with Gasteiger partial charge in [-0.1, -0.05) is 48.5 Å². The first kappa shape index (κ1) is 24.8. The van der Waals surface area contributed by atoms with Crippen LogP contribution in [-0.2, 0) is 0 Å². The molecule has 0 saturated heterocycles. The molecule has 4 heterocycles. The third-order valence-electron chi connectivity index (χ3n) is 7.52. The molecule has 2 unspecified atom stereocenters. The minimum atomic E-state index is 0.135. The summed E-state index contributed by atoms with van der Waals surface area (Å²) in [4.78, 5) is 0. The Kier molecular flexibility index (Phi) is 6.42. The minimum absolute atomic E-state index is 0.135. The topological polar surface area (TPSA) is 30.5 Å². The molecule has 198 valence electrons. The Bertz CT molecular complexity index is 1560. The van der Waals surface area contributed by atoms with E-state index in [-0.39, 0.29) is 12.1 Å². The third-order valence-corrected chi connectivity index (χ3v) is 8.93. The van der Waals surface area contributed by atoms with E-state index in [9.17, 15) is 0 Å². The van der Waals surface area contributed by atoms with Crippen LogP contribution in [0.3, 0.4) is 0 Å². The molecule has 2 aromatic heterocycles. The zero-order chi connectivity index (χ0) is 27.1. The molecule has 7 rings (SSSR count). The van der Waals surface area contributed by atoms with Crippen molar-refractivity contribution in [1.29, 1.82) is 0 Å². The first-order chi connectivity index (χ1) is 19.6. The van der Waals surface area contributed by atoms with Crippen molar-refractivity contribution in [1.82, 2.24) is 10.9 Å². The van der Waals surface area contributed by atoms with Gasteiger partial charge in [0.1, 0.15) is 0 Å². The summed E-state index contributed by atoms with van der Waals surface area (Å²) in [6, 6.07) is 30.9. The zero-order valence-electron chi connectivity index (χ0n) is 22.4. The van der Waals surface area contributed by atoms with Crippen LogP contribution in [0.2, 0.25) is 0 Å². The fourth-order valence-electron chi connectivity index (χ4n) is 5.47. The number of nitrogens with one attached hydrogen (secondary N) is 2. The largest absolute Gasteiger partial charge is 0.297 e. The predicted octanol–water partition coefficient (Wildman–Crippen LogP) is 8.64. The molecule has 0 spiro atoms. The van der Waals surface area contributed by atoms with Gasteiger partial charge in [0.15, 0.2) is 0 Å². The molecule has 2 aliphatic heterocycles. The lowest BCUT2D eigenvalue weighted by atomic mass is 10.0. The normalized spacial score (nSPS) is 18.4. The van der Waals surface area contributed by atoms with Crippen LogP contribution in [0.4, 0.5) is 11.4 Å². The molecular formula is C34H30N4S2. The van der Waals surface area contributed by atoms with Gasteiger partial charge in [0.25, 0.3) is 0 Å². The second-order valence-electron chi connectivity index (χ2n) is 10.4. The van der Waals surface area contributed by atoms with Crippen molar-refractivity contribution < 1.29 is 0 Å². The minimum Gasteiger partial charge on any atom is -0.297 e. The van der Waals surface area contributed by atoms with Crippen molar-refractivity contribution in [2.75, 3.05) is 10.0 Å². The van der Waals surface area contributed by atoms with E-state index in [1.165, 1.54) is 33.4 Å². The Morgan fingerprint density at radius 1 is 0.575 bits per heavy atom. The van der Waals surface area contributed by atoms with Crippen LogP contribution < -0.4 is 20.9 Å². The van der Waals surface area contributed by atoms with Gasteiger partial charge in [-0.05, 0) is 117 Å². The monoisotopic (exact) mass is 558 g/mol. The van der Waals surface area contributed by atoms with E-state index in [1.54, 1.807) is 22.7 Å². The van der Waals surface area contributed by atoms with Crippen molar-refractivity contribution >= 4 is 45.4 Å². The first-order valence-electron chi connectivity index (χ1n) is 13.5. The molecule has 0 amide bonds. The van der Waals surface area contributed by atoms with E-state index < -0.39 is 0 Å². The number of rotatable bonds is 6. The second kappa shape index (κ2) is 10.4. The molecule has 0 saturated carbocycles. The predicted molar refractivity (Wildman–Crippen MR) is 170 cm³/mol. The van der Waals surface area contributed by atoms with Gasteiger partial charge >= 0.3 is 0 Å². The number of aryl methyl sites for hydroxylation is 2. The molecule has 0 radical (unpaired) electrons.